The molecule has 0 aliphatic carbocycles. The summed E-state index contributed by atoms with van der Waals surface area (Å²) in [5, 5.41) is 4.03. The molecule has 0 saturated carbocycles. The number of halogens is 1. The Hall–Kier alpha value is -2.98. The van der Waals surface area contributed by atoms with Crippen molar-refractivity contribution >= 4 is 15.7 Å². The van der Waals surface area contributed by atoms with Crippen LogP contribution in [0.25, 0.3) is 11.4 Å². The molecule has 33 heavy (non-hydrogen) atoms. The van der Waals surface area contributed by atoms with Crippen molar-refractivity contribution in [3.63, 3.8) is 0 Å². The van der Waals surface area contributed by atoms with Gasteiger partial charge >= 0.3 is 0 Å². The molecule has 2 aromatic carbocycles. The number of piperazine rings is 1. The fraction of sp³-hybridized carbons (Fsp3) is 0.391. The smallest absolute Gasteiger partial charge is 0.243 e. The zero-order valence-corrected chi connectivity index (χ0v) is 19.9. The second kappa shape index (κ2) is 8.75. The van der Waals surface area contributed by atoms with Crippen molar-refractivity contribution in [1.82, 2.24) is 14.4 Å². The summed E-state index contributed by atoms with van der Waals surface area (Å²) >= 11 is 0. The highest BCUT2D eigenvalue weighted by Crippen LogP contribution is 2.33. The van der Waals surface area contributed by atoms with Gasteiger partial charge in [-0.2, -0.15) is 9.29 Å². The molecule has 0 amide bonds. The lowest BCUT2D eigenvalue weighted by atomic mass is 9.97. The van der Waals surface area contributed by atoms with Crippen molar-refractivity contribution in [2.45, 2.75) is 31.1 Å². The third kappa shape index (κ3) is 4.58. The van der Waals surface area contributed by atoms with E-state index in [4.69, 9.17) is 9.26 Å². The Kier molecular flexibility index (Phi) is 6.15. The number of hydrogen-bond acceptors (Lipinski definition) is 7. The molecule has 1 saturated heterocycles. The summed E-state index contributed by atoms with van der Waals surface area (Å²) in [6, 6.07) is 11.1. The summed E-state index contributed by atoms with van der Waals surface area (Å²) in [4.78, 5) is 6.41. The molecular weight excluding hydrogens is 447 g/mol. The number of sulfonamides is 1. The molecule has 0 bridgehead atoms. The number of hydrogen-bond donors (Lipinski definition) is 0. The van der Waals surface area contributed by atoms with E-state index < -0.39 is 10.0 Å². The molecule has 1 fully saturated rings. The van der Waals surface area contributed by atoms with Gasteiger partial charge in [-0.3, -0.25) is 0 Å². The van der Waals surface area contributed by atoms with Crippen LogP contribution in [0.4, 0.5) is 10.1 Å². The maximum absolute atomic E-state index is 14.1. The molecular formula is C23H27FN4O4S. The van der Waals surface area contributed by atoms with Crippen LogP contribution < -0.4 is 9.64 Å². The Balaban J connectivity index is 1.59. The lowest BCUT2D eigenvalue weighted by Crippen LogP contribution is -2.48. The van der Waals surface area contributed by atoms with E-state index in [9.17, 15) is 12.8 Å². The SMILES string of the molecule is COc1ccc(S(=O)(=O)N2CCN(c3ccccc3F)CC2)cc1-c1noc(C(C)(C)C)n1. The lowest BCUT2D eigenvalue weighted by molar-refractivity contribution is 0.321. The predicted molar refractivity (Wildman–Crippen MR) is 122 cm³/mol. The van der Waals surface area contributed by atoms with E-state index >= 15 is 0 Å². The van der Waals surface area contributed by atoms with Gasteiger partial charge in [0.2, 0.25) is 21.7 Å². The molecule has 1 aliphatic rings. The quantitative estimate of drug-likeness (QED) is 0.557. The molecule has 1 aliphatic heterocycles. The van der Waals surface area contributed by atoms with Gasteiger partial charge in [0.15, 0.2) is 0 Å². The van der Waals surface area contributed by atoms with E-state index in [1.54, 1.807) is 24.3 Å². The van der Waals surface area contributed by atoms with Gasteiger partial charge in [0.05, 0.1) is 23.3 Å². The van der Waals surface area contributed by atoms with Crippen LogP contribution in [0.15, 0.2) is 51.9 Å². The largest absolute Gasteiger partial charge is 0.496 e. The molecule has 3 aromatic rings. The summed E-state index contributed by atoms with van der Waals surface area (Å²) in [6.45, 7) is 7.12. The minimum atomic E-state index is -3.78. The van der Waals surface area contributed by atoms with Crippen LogP contribution in [0.2, 0.25) is 0 Å². The Morgan fingerprint density at radius 1 is 1.06 bits per heavy atom. The summed E-state index contributed by atoms with van der Waals surface area (Å²) < 4.78 is 53.1. The second-order valence-corrected chi connectivity index (χ2v) is 10.8. The molecule has 176 valence electrons. The molecule has 2 heterocycles. The predicted octanol–water partition coefficient (Wildman–Crippen LogP) is 3.69. The summed E-state index contributed by atoms with van der Waals surface area (Å²) in [7, 11) is -2.28. The Morgan fingerprint density at radius 2 is 1.76 bits per heavy atom. The Bertz CT molecular complexity index is 1250. The Labute approximate surface area is 193 Å². The third-order valence-corrected chi connectivity index (χ3v) is 7.44. The molecule has 10 heteroatoms. The third-order valence-electron chi connectivity index (χ3n) is 5.55. The van der Waals surface area contributed by atoms with E-state index in [0.29, 0.717) is 36.0 Å². The number of rotatable bonds is 5. The first-order valence-electron chi connectivity index (χ1n) is 10.6. The monoisotopic (exact) mass is 474 g/mol. The fourth-order valence-electron chi connectivity index (χ4n) is 3.69. The number of benzene rings is 2. The van der Waals surface area contributed by atoms with Gasteiger partial charge in [0, 0.05) is 31.6 Å². The van der Waals surface area contributed by atoms with E-state index in [2.05, 4.69) is 10.1 Å². The molecule has 8 nitrogen and oxygen atoms in total. The van der Waals surface area contributed by atoms with Crippen molar-refractivity contribution in [2.24, 2.45) is 0 Å². The average molecular weight is 475 g/mol. The maximum Gasteiger partial charge on any atom is 0.243 e. The summed E-state index contributed by atoms with van der Waals surface area (Å²) in [5.74, 6) is 0.832. The normalized spacial score (nSPS) is 15.6. The number of ether oxygens (including phenoxy) is 1. The highest BCUT2D eigenvalue weighted by atomic mass is 32.2. The van der Waals surface area contributed by atoms with Gasteiger partial charge in [-0.1, -0.05) is 38.1 Å². The second-order valence-electron chi connectivity index (χ2n) is 8.88. The first-order chi connectivity index (χ1) is 15.6. The van der Waals surface area contributed by atoms with Crippen LogP contribution in [0.1, 0.15) is 26.7 Å². The summed E-state index contributed by atoms with van der Waals surface area (Å²) in [6.07, 6.45) is 0. The van der Waals surface area contributed by atoms with Crippen molar-refractivity contribution in [1.29, 1.82) is 0 Å². The van der Waals surface area contributed by atoms with Crippen LogP contribution in [0, 0.1) is 5.82 Å². The number of aromatic nitrogens is 2. The van der Waals surface area contributed by atoms with Crippen molar-refractivity contribution < 1.29 is 22.1 Å². The van der Waals surface area contributed by atoms with Crippen molar-refractivity contribution in [2.75, 3.05) is 38.2 Å². The maximum atomic E-state index is 14.1. The van der Waals surface area contributed by atoms with Gasteiger partial charge in [0.25, 0.3) is 0 Å². The fourth-order valence-corrected chi connectivity index (χ4v) is 5.14. The van der Waals surface area contributed by atoms with Crippen LogP contribution in [-0.2, 0) is 15.4 Å². The number of nitrogens with zero attached hydrogens (tertiary/aromatic N) is 4. The average Bonchev–Trinajstić information content (AvgIpc) is 3.30. The molecule has 0 unspecified atom stereocenters. The first-order valence-corrected chi connectivity index (χ1v) is 12.1. The zero-order valence-electron chi connectivity index (χ0n) is 19.1. The minimum Gasteiger partial charge on any atom is -0.496 e. The van der Waals surface area contributed by atoms with Crippen LogP contribution >= 0.6 is 0 Å². The summed E-state index contributed by atoms with van der Waals surface area (Å²) in [5.41, 5.74) is 0.566. The molecule has 0 radical (unpaired) electrons. The molecule has 4 rings (SSSR count). The minimum absolute atomic E-state index is 0.111. The number of para-hydroxylation sites is 1. The van der Waals surface area contributed by atoms with E-state index in [0.717, 1.165) is 0 Å². The Morgan fingerprint density at radius 3 is 2.36 bits per heavy atom. The standard InChI is InChI=1S/C23H27FN4O4S/c1-23(2,3)22-25-21(26-32-22)17-15-16(9-10-20(17)31-4)33(29,30)28-13-11-27(12-14-28)19-8-6-5-7-18(19)24/h5-10,15H,11-14H2,1-4H3. The van der Waals surface area contributed by atoms with Crippen LogP contribution in [0.3, 0.4) is 0 Å². The molecule has 0 atom stereocenters. The van der Waals surface area contributed by atoms with Crippen LogP contribution in [-0.4, -0.2) is 56.2 Å². The van der Waals surface area contributed by atoms with E-state index in [1.807, 2.05) is 25.7 Å². The van der Waals surface area contributed by atoms with Crippen molar-refractivity contribution in [3.05, 3.63) is 54.2 Å². The van der Waals surface area contributed by atoms with Crippen molar-refractivity contribution in [3.8, 4) is 17.1 Å². The highest BCUT2D eigenvalue weighted by molar-refractivity contribution is 7.89. The van der Waals surface area contributed by atoms with Gasteiger partial charge in [-0.15, -0.1) is 0 Å². The van der Waals surface area contributed by atoms with Gasteiger partial charge in [-0.05, 0) is 30.3 Å². The number of methoxy groups -OCH3 is 1. The number of anilines is 1. The van der Waals surface area contributed by atoms with Gasteiger partial charge < -0.3 is 14.2 Å². The lowest BCUT2D eigenvalue weighted by Gasteiger charge is -2.35. The van der Waals surface area contributed by atoms with E-state index in [1.165, 1.54) is 29.6 Å². The van der Waals surface area contributed by atoms with Gasteiger partial charge in [0.1, 0.15) is 11.6 Å². The molecule has 1 aromatic heterocycles. The first kappa shape index (κ1) is 23.2. The zero-order chi connectivity index (χ0) is 23.8. The van der Waals surface area contributed by atoms with E-state index in [-0.39, 0.29) is 35.0 Å². The molecule has 0 N–H and O–H groups in total. The molecule has 0 spiro atoms. The topological polar surface area (TPSA) is 88.8 Å². The van der Waals surface area contributed by atoms with Crippen LogP contribution in [0.5, 0.6) is 5.75 Å². The van der Waals surface area contributed by atoms with Gasteiger partial charge in [-0.25, -0.2) is 12.8 Å². The highest BCUT2D eigenvalue weighted by Gasteiger charge is 2.31.